The molecule has 1 heterocycles. The summed E-state index contributed by atoms with van der Waals surface area (Å²) in [6.07, 6.45) is 0. The van der Waals surface area contributed by atoms with E-state index in [1.54, 1.807) is 31.2 Å². The van der Waals surface area contributed by atoms with Crippen molar-refractivity contribution in [2.75, 3.05) is 26.6 Å². The number of carbonyl (C=O) groups excluding carboxylic acids is 1. The van der Waals surface area contributed by atoms with Crippen LogP contribution in [-0.2, 0) is 0 Å². The molecule has 3 rings (SSSR count). The van der Waals surface area contributed by atoms with Gasteiger partial charge in [0.2, 0.25) is 5.75 Å². The molecule has 146 valence electrons. The van der Waals surface area contributed by atoms with Gasteiger partial charge in [-0.1, -0.05) is 6.07 Å². The van der Waals surface area contributed by atoms with Gasteiger partial charge in [-0.15, -0.1) is 0 Å². The number of aromatic nitrogens is 1. The molecule has 0 aliphatic carbocycles. The van der Waals surface area contributed by atoms with E-state index in [1.165, 1.54) is 21.3 Å². The van der Waals surface area contributed by atoms with Crippen molar-refractivity contribution in [1.29, 1.82) is 0 Å². The standard InChI is InChI=1S/C21H22N2O5/c1-11-12(2)20(24)23-16-10-14(6-7-15(11)16)22-21(25)13-8-17(26-3)19(28-5)18(9-13)27-4/h6-10H,1-5H3,(H,22,25)(H,23,24). The number of aromatic amines is 1. The van der Waals surface area contributed by atoms with Gasteiger partial charge in [-0.05, 0) is 43.7 Å². The summed E-state index contributed by atoms with van der Waals surface area (Å²) in [5.74, 6) is 0.849. The number of fused-ring (bicyclic) bond motifs is 1. The van der Waals surface area contributed by atoms with Gasteiger partial charge < -0.3 is 24.5 Å². The Kier molecular flexibility index (Phi) is 5.26. The van der Waals surface area contributed by atoms with E-state index >= 15 is 0 Å². The number of rotatable bonds is 5. The lowest BCUT2D eigenvalue weighted by Crippen LogP contribution is -2.14. The van der Waals surface area contributed by atoms with Crippen LogP contribution in [0.1, 0.15) is 21.5 Å². The van der Waals surface area contributed by atoms with Crippen molar-refractivity contribution >= 4 is 22.5 Å². The highest BCUT2D eigenvalue weighted by atomic mass is 16.5. The van der Waals surface area contributed by atoms with Crippen LogP contribution < -0.4 is 25.1 Å². The molecule has 7 nitrogen and oxygen atoms in total. The first-order valence-corrected chi connectivity index (χ1v) is 8.64. The SMILES string of the molecule is COc1cc(C(=O)Nc2ccc3c(C)c(C)c(=O)[nH]c3c2)cc(OC)c1OC. The molecular weight excluding hydrogens is 360 g/mol. The fraction of sp³-hybridized carbons (Fsp3) is 0.238. The van der Waals surface area contributed by atoms with Gasteiger partial charge in [-0.3, -0.25) is 9.59 Å². The third kappa shape index (κ3) is 3.38. The first-order valence-electron chi connectivity index (χ1n) is 8.64. The quantitative estimate of drug-likeness (QED) is 0.706. The van der Waals surface area contributed by atoms with Crippen molar-refractivity contribution in [1.82, 2.24) is 4.98 Å². The van der Waals surface area contributed by atoms with E-state index in [4.69, 9.17) is 14.2 Å². The second-order valence-electron chi connectivity index (χ2n) is 6.33. The number of amides is 1. The zero-order valence-electron chi connectivity index (χ0n) is 16.4. The molecular formula is C21H22N2O5. The number of aryl methyl sites for hydroxylation is 1. The number of pyridine rings is 1. The van der Waals surface area contributed by atoms with Crippen molar-refractivity contribution in [2.45, 2.75) is 13.8 Å². The second kappa shape index (κ2) is 7.64. The number of hydrogen-bond acceptors (Lipinski definition) is 5. The summed E-state index contributed by atoms with van der Waals surface area (Å²) in [7, 11) is 4.48. The van der Waals surface area contributed by atoms with E-state index in [0.29, 0.717) is 39.6 Å². The first kappa shape index (κ1) is 19.3. The summed E-state index contributed by atoms with van der Waals surface area (Å²) >= 11 is 0. The van der Waals surface area contributed by atoms with Crippen molar-refractivity contribution in [2.24, 2.45) is 0 Å². The Balaban J connectivity index is 1.97. The molecule has 2 aromatic carbocycles. The van der Waals surface area contributed by atoms with Crippen LogP contribution in [0.2, 0.25) is 0 Å². The Hall–Kier alpha value is -3.48. The Morgan fingerprint density at radius 2 is 1.57 bits per heavy atom. The summed E-state index contributed by atoms with van der Waals surface area (Å²) in [6, 6.07) is 8.56. The number of ether oxygens (including phenoxy) is 3. The molecule has 0 aliphatic heterocycles. The summed E-state index contributed by atoms with van der Waals surface area (Å²) < 4.78 is 15.9. The third-order valence-corrected chi connectivity index (χ3v) is 4.76. The molecule has 1 amide bonds. The highest BCUT2D eigenvalue weighted by Crippen LogP contribution is 2.38. The van der Waals surface area contributed by atoms with Gasteiger partial charge in [0, 0.05) is 22.2 Å². The molecule has 0 unspecified atom stereocenters. The molecule has 1 aromatic heterocycles. The van der Waals surface area contributed by atoms with E-state index < -0.39 is 0 Å². The zero-order chi connectivity index (χ0) is 20.4. The predicted molar refractivity (Wildman–Crippen MR) is 108 cm³/mol. The Bertz CT molecular complexity index is 1090. The molecule has 0 aliphatic rings. The van der Waals surface area contributed by atoms with Crippen LogP contribution in [0.25, 0.3) is 10.9 Å². The third-order valence-electron chi connectivity index (χ3n) is 4.76. The number of benzene rings is 2. The van der Waals surface area contributed by atoms with Gasteiger partial charge in [0.15, 0.2) is 11.5 Å². The number of nitrogens with one attached hydrogen (secondary N) is 2. The van der Waals surface area contributed by atoms with Crippen molar-refractivity contribution < 1.29 is 19.0 Å². The van der Waals surface area contributed by atoms with Gasteiger partial charge in [0.05, 0.1) is 26.8 Å². The first-order chi connectivity index (χ1) is 13.4. The molecule has 0 saturated carbocycles. The average Bonchev–Trinajstić information content (AvgIpc) is 2.70. The summed E-state index contributed by atoms with van der Waals surface area (Å²) in [4.78, 5) is 27.6. The Labute approximate surface area is 162 Å². The van der Waals surface area contributed by atoms with Gasteiger partial charge in [0.25, 0.3) is 11.5 Å². The number of methoxy groups -OCH3 is 3. The molecule has 28 heavy (non-hydrogen) atoms. The highest BCUT2D eigenvalue weighted by molar-refractivity contribution is 6.06. The minimum absolute atomic E-state index is 0.141. The van der Waals surface area contributed by atoms with E-state index in [2.05, 4.69) is 10.3 Å². The van der Waals surface area contributed by atoms with E-state index in [9.17, 15) is 9.59 Å². The number of anilines is 1. The monoisotopic (exact) mass is 382 g/mol. The van der Waals surface area contributed by atoms with Crippen LogP contribution in [0.5, 0.6) is 17.2 Å². The van der Waals surface area contributed by atoms with Crippen molar-refractivity contribution in [3.8, 4) is 17.2 Å². The van der Waals surface area contributed by atoms with Gasteiger partial charge in [-0.2, -0.15) is 0 Å². The maximum absolute atomic E-state index is 12.7. The molecule has 2 N–H and O–H groups in total. The summed E-state index contributed by atoms with van der Waals surface area (Å²) in [6.45, 7) is 3.69. The van der Waals surface area contributed by atoms with Gasteiger partial charge >= 0.3 is 0 Å². The van der Waals surface area contributed by atoms with E-state index in [-0.39, 0.29) is 11.5 Å². The number of carbonyl (C=O) groups is 1. The minimum Gasteiger partial charge on any atom is -0.493 e. The molecule has 0 atom stereocenters. The van der Waals surface area contributed by atoms with E-state index in [1.807, 2.05) is 13.0 Å². The maximum Gasteiger partial charge on any atom is 0.255 e. The fourth-order valence-corrected chi connectivity index (χ4v) is 3.06. The van der Waals surface area contributed by atoms with Crippen LogP contribution in [0.15, 0.2) is 35.1 Å². The maximum atomic E-state index is 12.7. The molecule has 0 radical (unpaired) electrons. The Morgan fingerprint density at radius 3 is 2.14 bits per heavy atom. The van der Waals surface area contributed by atoms with Crippen LogP contribution in [-0.4, -0.2) is 32.2 Å². The number of H-pyrrole nitrogens is 1. The predicted octanol–water partition coefficient (Wildman–Crippen LogP) is 3.42. The lowest BCUT2D eigenvalue weighted by Gasteiger charge is -2.14. The molecule has 3 aromatic rings. The number of hydrogen-bond donors (Lipinski definition) is 2. The smallest absolute Gasteiger partial charge is 0.255 e. The largest absolute Gasteiger partial charge is 0.493 e. The van der Waals surface area contributed by atoms with E-state index in [0.717, 1.165) is 10.9 Å². The van der Waals surface area contributed by atoms with Gasteiger partial charge in [0.1, 0.15) is 0 Å². The van der Waals surface area contributed by atoms with Crippen LogP contribution in [0.4, 0.5) is 5.69 Å². The normalized spacial score (nSPS) is 10.6. The lowest BCUT2D eigenvalue weighted by molar-refractivity contribution is 0.102. The second-order valence-corrected chi connectivity index (χ2v) is 6.33. The van der Waals surface area contributed by atoms with Crippen molar-refractivity contribution in [3.05, 3.63) is 57.4 Å². The summed E-state index contributed by atoms with van der Waals surface area (Å²) in [5, 5.41) is 3.76. The van der Waals surface area contributed by atoms with Gasteiger partial charge in [-0.25, -0.2) is 0 Å². The van der Waals surface area contributed by atoms with Crippen LogP contribution in [0.3, 0.4) is 0 Å². The topological polar surface area (TPSA) is 89.7 Å². The molecule has 0 spiro atoms. The molecule has 7 heteroatoms. The molecule has 0 fully saturated rings. The van der Waals surface area contributed by atoms with Crippen LogP contribution >= 0.6 is 0 Å². The Morgan fingerprint density at radius 1 is 0.929 bits per heavy atom. The lowest BCUT2D eigenvalue weighted by atomic mass is 10.1. The zero-order valence-corrected chi connectivity index (χ0v) is 16.4. The van der Waals surface area contributed by atoms with Crippen LogP contribution in [0, 0.1) is 13.8 Å². The summed E-state index contributed by atoms with van der Waals surface area (Å²) in [5.41, 5.74) is 3.03. The fourth-order valence-electron chi connectivity index (χ4n) is 3.06. The molecule has 0 saturated heterocycles. The average molecular weight is 382 g/mol. The highest BCUT2D eigenvalue weighted by Gasteiger charge is 2.17. The minimum atomic E-state index is -0.343. The van der Waals surface area contributed by atoms with Crippen molar-refractivity contribution in [3.63, 3.8) is 0 Å². The molecule has 0 bridgehead atoms.